The van der Waals surface area contributed by atoms with Crippen molar-refractivity contribution in [2.24, 2.45) is 4.99 Å². The largest absolute Gasteiger partial charge is 0.298 e. The van der Waals surface area contributed by atoms with E-state index in [9.17, 15) is 9.59 Å². The smallest absolute Gasteiger partial charge is 0.280 e. The summed E-state index contributed by atoms with van der Waals surface area (Å²) in [7, 11) is 0. The normalized spacial score (nSPS) is 11.2. The predicted molar refractivity (Wildman–Crippen MR) is 135 cm³/mol. The van der Waals surface area contributed by atoms with E-state index in [1.807, 2.05) is 30.3 Å². The molecule has 0 bridgehead atoms. The zero-order chi connectivity index (χ0) is 23.4. The summed E-state index contributed by atoms with van der Waals surface area (Å²) in [4.78, 5) is 32.9. The fraction of sp³-hybridized carbons (Fsp3) is 0.0870. The first-order valence-electron chi connectivity index (χ1n) is 9.89. The van der Waals surface area contributed by atoms with Gasteiger partial charge in [-0.15, -0.1) is 16.8 Å². The van der Waals surface area contributed by atoms with E-state index in [2.05, 4.69) is 47.8 Å². The van der Waals surface area contributed by atoms with Crippen molar-refractivity contribution in [3.63, 3.8) is 0 Å². The Bertz CT molecular complexity index is 1460. The van der Waals surface area contributed by atoms with E-state index < -0.39 is 0 Å². The van der Waals surface area contributed by atoms with Gasteiger partial charge in [-0.2, -0.15) is 0 Å². The Labute approximate surface area is 201 Å². The zero-order valence-electron chi connectivity index (χ0n) is 17.6. The predicted octanol–water partition coefficient (Wildman–Crippen LogP) is 4.41. The quantitative estimate of drug-likeness (QED) is 0.212. The first-order valence-corrected chi connectivity index (χ1v) is 11.7. The van der Waals surface area contributed by atoms with E-state index >= 15 is 0 Å². The Morgan fingerprint density at radius 3 is 2.70 bits per heavy atom. The number of H-pyrrole nitrogens is 2. The highest BCUT2D eigenvalue weighted by atomic mass is 79.9. The number of thioether (sulfide) groups is 1. The van der Waals surface area contributed by atoms with Crippen LogP contribution in [0.2, 0.25) is 0 Å². The first kappa shape index (κ1) is 22.7. The Morgan fingerprint density at radius 1 is 1.18 bits per heavy atom. The summed E-state index contributed by atoms with van der Waals surface area (Å²) in [5.41, 5.74) is 2.33. The maximum absolute atomic E-state index is 12.9. The number of aromatic nitrogens is 5. The molecular formula is C23H19BrN6O2S. The van der Waals surface area contributed by atoms with E-state index in [1.165, 1.54) is 22.7 Å². The molecule has 0 atom stereocenters. The number of nitrogens with one attached hydrogen (secondary N) is 2. The number of nitrogens with zero attached hydrogens (tertiary/aromatic N) is 4. The molecule has 166 valence electrons. The van der Waals surface area contributed by atoms with Crippen LogP contribution in [0.15, 0.2) is 85.4 Å². The van der Waals surface area contributed by atoms with E-state index in [4.69, 9.17) is 0 Å². The van der Waals surface area contributed by atoms with Gasteiger partial charge in [0.05, 0.1) is 16.9 Å². The molecule has 0 aliphatic heterocycles. The molecule has 10 heteroatoms. The summed E-state index contributed by atoms with van der Waals surface area (Å²) >= 11 is 4.76. The molecular weight excluding hydrogens is 504 g/mol. The third-order valence-electron chi connectivity index (χ3n) is 4.69. The van der Waals surface area contributed by atoms with Gasteiger partial charge in [0.15, 0.2) is 10.9 Å². The summed E-state index contributed by atoms with van der Waals surface area (Å²) < 4.78 is 2.22. The summed E-state index contributed by atoms with van der Waals surface area (Å²) in [6.07, 6.45) is 3.21. The van der Waals surface area contributed by atoms with Crippen LogP contribution in [0.4, 0.5) is 5.69 Å². The number of aromatic amines is 2. The van der Waals surface area contributed by atoms with E-state index in [1.54, 1.807) is 31.2 Å². The molecule has 0 fully saturated rings. The highest BCUT2D eigenvalue weighted by Gasteiger charge is 2.14. The SMILES string of the molecule is C=CCSc1nnc(-c2cc(Br)ccc2N=Cc2c(C)[nH]n(-c3ccccc3)c2=O)c(=O)[nH]1. The Hall–Kier alpha value is -3.50. The van der Waals surface area contributed by atoms with Gasteiger partial charge >= 0.3 is 0 Å². The lowest BCUT2D eigenvalue weighted by Gasteiger charge is -2.05. The molecule has 4 aromatic rings. The van der Waals surface area contributed by atoms with Crippen molar-refractivity contribution in [2.75, 3.05) is 5.75 Å². The van der Waals surface area contributed by atoms with Crippen LogP contribution < -0.4 is 11.1 Å². The molecule has 2 N–H and O–H groups in total. The van der Waals surface area contributed by atoms with Gasteiger partial charge in [0.1, 0.15) is 0 Å². The van der Waals surface area contributed by atoms with Crippen LogP contribution in [0.3, 0.4) is 0 Å². The molecule has 0 amide bonds. The maximum atomic E-state index is 12.9. The molecule has 0 saturated heterocycles. The Balaban J connectivity index is 1.73. The van der Waals surface area contributed by atoms with Crippen LogP contribution in [0.1, 0.15) is 11.3 Å². The molecule has 0 saturated carbocycles. The van der Waals surface area contributed by atoms with Crippen LogP contribution in [0.25, 0.3) is 16.9 Å². The number of hydrogen-bond donors (Lipinski definition) is 2. The molecule has 0 aliphatic rings. The number of benzene rings is 2. The van der Waals surface area contributed by atoms with Crippen LogP contribution in [0, 0.1) is 6.92 Å². The number of halogens is 1. The standard InChI is InChI=1S/C23H19BrN6O2S/c1-3-11-33-23-26-21(31)20(27-28-23)17-12-15(24)9-10-19(17)25-13-18-14(2)29-30(22(18)32)16-7-5-4-6-8-16/h3-10,12-13,29H,1,11H2,2H3,(H,26,28,31). The summed E-state index contributed by atoms with van der Waals surface area (Å²) in [6.45, 7) is 5.46. The number of aryl methyl sites for hydroxylation is 1. The van der Waals surface area contributed by atoms with E-state index in [0.717, 1.165) is 10.2 Å². The Morgan fingerprint density at radius 2 is 1.97 bits per heavy atom. The Kier molecular flexibility index (Phi) is 6.85. The van der Waals surface area contributed by atoms with Gasteiger partial charge in [-0.05, 0) is 37.3 Å². The molecule has 4 rings (SSSR count). The number of aliphatic imine (C=N–C) groups is 1. The molecule has 0 aliphatic carbocycles. The summed E-state index contributed by atoms with van der Waals surface area (Å²) in [6, 6.07) is 14.6. The first-order chi connectivity index (χ1) is 16.0. The van der Waals surface area contributed by atoms with Crippen LogP contribution >= 0.6 is 27.7 Å². The van der Waals surface area contributed by atoms with E-state index in [-0.39, 0.29) is 16.8 Å². The number of hydrogen-bond acceptors (Lipinski definition) is 6. The second kappa shape index (κ2) is 9.97. The molecule has 2 aromatic heterocycles. The fourth-order valence-electron chi connectivity index (χ4n) is 3.12. The molecule has 33 heavy (non-hydrogen) atoms. The van der Waals surface area contributed by atoms with Gasteiger partial charge in [-0.25, -0.2) is 4.68 Å². The topological polar surface area (TPSA) is 109 Å². The second-order valence-corrected chi connectivity index (χ2v) is 8.88. The van der Waals surface area contributed by atoms with Crippen molar-refractivity contribution < 1.29 is 0 Å². The van der Waals surface area contributed by atoms with Crippen molar-refractivity contribution in [1.29, 1.82) is 0 Å². The average molecular weight is 523 g/mol. The minimum Gasteiger partial charge on any atom is -0.298 e. The van der Waals surface area contributed by atoms with Gasteiger partial charge in [0.2, 0.25) is 0 Å². The second-order valence-electron chi connectivity index (χ2n) is 6.95. The lowest BCUT2D eigenvalue weighted by molar-refractivity contribution is 0.825. The van der Waals surface area contributed by atoms with Crippen molar-refractivity contribution in [3.05, 3.63) is 97.6 Å². The van der Waals surface area contributed by atoms with Gasteiger partial charge in [0, 0.05) is 27.7 Å². The van der Waals surface area contributed by atoms with Gasteiger partial charge in [-0.1, -0.05) is 52.0 Å². The number of rotatable bonds is 7. The molecule has 8 nitrogen and oxygen atoms in total. The molecule has 0 unspecified atom stereocenters. The van der Waals surface area contributed by atoms with Crippen LogP contribution in [0.5, 0.6) is 0 Å². The fourth-order valence-corrected chi connectivity index (χ4v) is 4.02. The third-order valence-corrected chi connectivity index (χ3v) is 6.04. The molecule has 0 spiro atoms. The minimum atomic E-state index is -0.379. The van der Waals surface area contributed by atoms with Crippen LogP contribution in [-0.4, -0.2) is 36.9 Å². The van der Waals surface area contributed by atoms with Gasteiger partial charge < -0.3 is 0 Å². The highest BCUT2D eigenvalue weighted by molar-refractivity contribution is 9.10. The average Bonchev–Trinajstić information content (AvgIpc) is 3.10. The molecule has 2 heterocycles. The maximum Gasteiger partial charge on any atom is 0.280 e. The summed E-state index contributed by atoms with van der Waals surface area (Å²) in [5, 5.41) is 11.7. The summed E-state index contributed by atoms with van der Waals surface area (Å²) in [5.74, 6) is 0.604. The third kappa shape index (κ3) is 4.96. The van der Waals surface area contributed by atoms with Gasteiger partial charge in [0.25, 0.3) is 11.1 Å². The number of para-hydroxylation sites is 1. The lowest BCUT2D eigenvalue weighted by Crippen LogP contribution is -2.17. The van der Waals surface area contributed by atoms with Crippen molar-refractivity contribution in [1.82, 2.24) is 25.0 Å². The zero-order valence-corrected chi connectivity index (χ0v) is 20.0. The monoisotopic (exact) mass is 522 g/mol. The minimum absolute atomic E-state index is 0.138. The molecule has 2 aromatic carbocycles. The highest BCUT2D eigenvalue weighted by Crippen LogP contribution is 2.30. The van der Waals surface area contributed by atoms with E-state index in [0.29, 0.717) is 33.4 Å². The van der Waals surface area contributed by atoms with Crippen molar-refractivity contribution in [3.8, 4) is 16.9 Å². The molecule has 0 radical (unpaired) electrons. The van der Waals surface area contributed by atoms with Crippen molar-refractivity contribution >= 4 is 39.6 Å². The van der Waals surface area contributed by atoms with Crippen LogP contribution in [-0.2, 0) is 0 Å². The lowest BCUT2D eigenvalue weighted by atomic mass is 10.1. The van der Waals surface area contributed by atoms with Crippen molar-refractivity contribution in [2.45, 2.75) is 12.1 Å². The van der Waals surface area contributed by atoms with Gasteiger partial charge in [-0.3, -0.25) is 24.7 Å².